The quantitative estimate of drug-likeness (QED) is 0.559. The molecule has 0 saturated heterocycles. The van der Waals surface area contributed by atoms with Crippen LogP contribution in [0.4, 0.5) is 4.39 Å². The van der Waals surface area contributed by atoms with Crippen molar-refractivity contribution < 1.29 is 4.39 Å². The second-order valence-corrected chi connectivity index (χ2v) is 6.26. The zero-order chi connectivity index (χ0) is 14.2. The van der Waals surface area contributed by atoms with E-state index in [-0.39, 0.29) is 5.82 Å². The third-order valence-electron chi connectivity index (χ3n) is 2.99. The zero-order valence-corrected chi connectivity index (χ0v) is 13.6. The molecule has 0 bridgehead atoms. The summed E-state index contributed by atoms with van der Waals surface area (Å²) in [4.78, 5) is 0. The summed E-state index contributed by atoms with van der Waals surface area (Å²) in [6, 6.07) is 9.09. The van der Waals surface area contributed by atoms with Gasteiger partial charge in [0.1, 0.15) is 5.82 Å². The molecule has 0 spiro atoms. The fraction of sp³-hybridized carbons (Fsp3) is 0.200. The molecule has 0 radical (unpaired) electrons. The van der Waals surface area contributed by atoms with E-state index in [0.717, 1.165) is 15.6 Å². The maximum Gasteiger partial charge on any atom is 0.129 e. The first-order valence-corrected chi connectivity index (χ1v) is 7.36. The van der Waals surface area contributed by atoms with Gasteiger partial charge in [-0.3, -0.25) is 0 Å². The number of aryl methyl sites for hydroxylation is 2. The van der Waals surface area contributed by atoms with Crippen LogP contribution in [0.1, 0.15) is 27.6 Å². The molecule has 0 fully saturated rings. The molecule has 2 aromatic rings. The van der Waals surface area contributed by atoms with E-state index >= 15 is 0 Å². The van der Waals surface area contributed by atoms with E-state index in [1.807, 2.05) is 12.1 Å². The smallest absolute Gasteiger partial charge is 0.129 e. The van der Waals surface area contributed by atoms with Crippen LogP contribution in [0.2, 0.25) is 5.02 Å². The number of benzene rings is 2. The second-order valence-electron chi connectivity index (χ2n) is 4.50. The van der Waals surface area contributed by atoms with E-state index in [2.05, 4.69) is 15.9 Å². The third kappa shape index (κ3) is 3.13. The van der Waals surface area contributed by atoms with Crippen LogP contribution >= 0.6 is 39.1 Å². The van der Waals surface area contributed by atoms with Crippen molar-refractivity contribution in [3.05, 3.63) is 67.9 Å². The van der Waals surface area contributed by atoms with Gasteiger partial charge in [0.2, 0.25) is 0 Å². The first-order valence-electron chi connectivity index (χ1n) is 5.76. The Hall–Kier alpha value is -0.570. The molecule has 0 saturated carbocycles. The van der Waals surface area contributed by atoms with Crippen LogP contribution < -0.4 is 0 Å². The monoisotopic (exact) mass is 360 g/mol. The minimum Gasteiger partial charge on any atom is -0.206 e. The van der Waals surface area contributed by atoms with Gasteiger partial charge in [0.15, 0.2) is 0 Å². The third-order valence-corrected chi connectivity index (χ3v) is 4.29. The minimum absolute atomic E-state index is 0.186. The highest BCUT2D eigenvalue weighted by Crippen LogP contribution is 2.36. The van der Waals surface area contributed by atoms with Crippen molar-refractivity contribution in [1.82, 2.24) is 0 Å². The van der Waals surface area contributed by atoms with Crippen molar-refractivity contribution in [1.29, 1.82) is 0 Å². The Morgan fingerprint density at radius 1 is 1.11 bits per heavy atom. The van der Waals surface area contributed by atoms with Crippen molar-refractivity contribution in [3.8, 4) is 0 Å². The van der Waals surface area contributed by atoms with Gasteiger partial charge in [0.25, 0.3) is 0 Å². The van der Waals surface area contributed by atoms with E-state index in [0.29, 0.717) is 16.1 Å². The highest BCUT2D eigenvalue weighted by Gasteiger charge is 2.16. The minimum atomic E-state index is -0.390. The van der Waals surface area contributed by atoms with E-state index in [1.165, 1.54) is 0 Å². The largest absolute Gasteiger partial charge is 0.206 e. The van der Waals surface area contributed by atoms with Crippen LogP contribution in [-0.4, -0.2) is 0 Å². The van der Waals surface area contributed by atoms with E-state index in [4.69, 9.17) is 23.2 Å². The van der Waals surface area contributed by atoms with Gasteiger partial charge in [0.05, 0.1) is 5.38 Å². The predicted octanol–water partition coefficient (Wildman–Crippen LogP) is 6.19. The standard InChI is InChI=1S/C15H12BrCl2F/c1-8-5-10(6-9(2)15(8)19)14(18)12-4-3-11(16)7-13(12)17/h3-7,14H,1-2H3. The molecular formula is C15H12BrCl2F. The first kappa shape index (κ1) is 14.8. The van der Waals surface area contributed by atoms with Crippen LogP contribution in [0.25, 0.3) is 0 Å². The summed E-state index contributed by atoms with van der Waals surface area (Å²) < 4.78 is 14.5. The molecule has 19 heavy (non-hydrogen) atoms. The van der Waals surface area contributed by atoms with E-state index in [1.54, 1.807) is 32.0 Å². The van der Waals surface area contributed by atoms with Crippen LogP contribution in [0, 0.1) is 19.7 Å². The summed E-state index contributed by atoms with van der Waals surface area (Å²) in [6.45, 7) is 3.47. The first-order chi connectivity index (χ1) is 8.90. The van der Waals surface area contributed by atoms with Gasteiger partial charge < -0.3 is 0 Å². The highest BCUT2D eigenvalue weighted by molar-refractivity contribution is 9.10. The highest BCUT2D eigenvalue weighted by atomic mass is 79.9. The summed E-state index contributed by atoms with van der Waals surface area (Å²) in [6.07, 6.45) is 0. The SMILES string of the molecule is Cc1cc(C(Cl)c2ccc(Br)cc2Cl)cc(C)c1F. The molecule has 1 unspecified atom stereocenters. The fourth-order valence-electron chi connectivity index (χ4n) is 2.01. The molecule has 0 amide bonds. The van der Waals surface area contributed by atoms with Crippen LogP contribution in [0.15, 0.2) is 34.8 Å². The normalized spacial score (nSPS) is 12.5. The molecular weight excluding hydrogens is 350 g/mol. The topological polar surface area (TPSA) is 0 Å². The lowest BCUT2D eigenvalue weighted by molar-refractivity contribution is 0.608. The number of halogens is 4. The Morgan fingerprint density at radius 3 is 2.21 bits per heavy atom. The van der Waals surface area contributed by atoms with Crippen molar-refractivity contribution in [2.45, 2.75) is 19.2 Å². The molecule has 0 N–H and O–H groups in total. The van der Waals surface area contributed by atoms with Crippen LogP contribution in [0.3, 0.4) is 0 Å². The van der Waals surface area contributed by atoms with E-state index in [9.17, 15) is 4.39 Å². The maximum atomic E-state index is 13.6. The molecule has 0 nitrogen and oxygen atoms in total. The van der Waals surface area contributed by atoms with Crippen LogP contribution in [0.5, 0.6) is 0 Å². The molecule has 0 aliphatic rings. The van der Waals surface area contributed by atoms with Gasteiger partial charge in [-0.1, -0.05) is 45.7 Å². The summed E-state index contributed by atoms with van der Waals surface area (Å²) in [5.41, 5.74) is 2.85. The average Bonchev–Trinajstić information content (AvgIpc) is 2.34. The fourth-order valence-corrected chi connectivity index (χ4v) is 3.17. The summed E-state index contributed by atoms with van der Waals surface area (Å²) >= 11 is 16.0. The molecule has 0 aliphatic carbocycles. The molecule has 0 aliphatic heterocycles. The summed E-state index contributed by atoms with van der Waals surface area (Å²) in [5.74, 6) is -0.186. The van der Waals surface area contributed by atoms with Crippen molar-refractivity contribution in [2.24, 2.45) is 0 Å². The van der Waals surface area contributed by atoms with Crippen molar-refractivity contribution >= 4 is 39.1 Å². The predicted molar refractivity (Wildman–Crippen MR) is 82.7 cm³/mol. The lowest BCUT2D eigenvalue weighted by Gasteiger charge is -2.14. The van der Waals surface area contributed by atoms with E-state index < -0.39 is 5.38 Å². The van der Waals surface area contributed by atoms with Gasteiger partial charge in [-0.15, -0.1) is 11.6 Å². The number of hydrogen-bond donors (Lipinski definition) is 0. The van der Waals surface area contributed by atoms with Gasteiger partial charge in [-0.25, -0.2) is 4.39 Å². The average molecular weight is 362 g/mol. The molecule has 1 atom stereocenters. The van der Waals surface area contributed by atoms with Crippen molar-refractivity contribution in [3.63, 3.8) is 0 Å². The Morgan fingerprint density at radius 2 is 1.68 bits per heavy atom. The maximum absolute atomic E-state index is 13.6. The number of hydrogen-bond acceptors (Lipinski definition) is 0. The molecule has 0 heterocycles. The molecule has 2 rings (SSSR count). The lowest BCUT2D eigenvalue weighted by atomic mass is 9.99. The number of rotatable bonds is 2. The van der Waals surface area contributed by atoms with Gasteiger partial charge in [-0.2, -0.15) is 0 Å². The molecule has 100 valence electrons. The van der Waals surface area contributed by atoms with Gasteiger partial charge >= 0.3 is 0 Å². The zero-order valence-electron chi connectivity index (χ0n) is 10.5. The van der Waals surface area contributed by atoms with Gasteiger partial charge in [-0.05, 0) is 48.2 Å². The van der Waals surface area contributed by atoms with Crippen molar-refractivity contribution in [2.75, 3.05) is 0 Å². The van der Waals surface area contributed by atoms with Crippen LogP contribution in [-0.2, 0) is 0 Å². The second kappa shape index (κ2) is 5.82. The Balaban J connectivity index is 2.47. The Bertz CT molecular complexity index is 603. The summed E-state index contributed by atoms with van der Waals surface area (Å²) in [5, 5.41) is 0.201. The lowest BCUT2D eigenvalue weighted by Crippen LogP contribution is -1.98. The summed E-state index contributed by atoms with van der Waals surface area (Å²) in [7, 11) is 0. The Labute approximate surface area is 130 Å². The Kier molecular flexibility index (Phi) is 4.54. The molecule has 4 heteroatoms. The van der Waals surface area contributed by atoms with Gasteiger partial charge in [0, 0.05) is 9.50 Å². The molecule has 2 aromatic carbocycles. The molecule has 0 aromatic heterocycles. The number of alkyl halides is 1.